The van der Waals surface area contributed by atoms with Gasteiger partial charge in [-0.1, -0.05) is 68.4 Å². The van der Waals surface area contributed by atoms with E-state index in [9.17, 15) is 10.0 Å². The van der Waals surface area contributed by atoms with Crippen LogP contribution in [0.5, 0.6) is 0 Å². The molecule has 0 spiro atoms. The highest BCUT2D eigenvalue weighted by Gasteiger charge is 2.37. The van der Waals surface area contributed by atoms with Crippen LogP contribution in [0.1, 0.15) is 25.0 Å². The fourth-order valence-corrected chi connectivity index (χ4v) is 3.79. The number of hydrogen-bond donors (Lipinski definition) is 2. The molecule has 22 heavy (non-hydrogen) atoms. The van der Waals surface area contributed by atoms with Gasteiger partial charge in [0.15, 0.2) is 0 Å². The Bertz CT molecular complexity index is 897. The molecule has 2 nitrogen and oxygen atoms in total. The van der Waals surface area contributed by atoms with Gasteiger partial charge in [0.2, 0.25) is 0 Å². The van der Waals surface area contributed by atoms with Crippen molar-refractivity contribution in [3.05, 3.63) is 65.7 Å². The van der Waals surface area contributed by atoms with Gasteiger partial charge in [-0.25, -0.2) is 0 Å². The smallest absolute Gasteiger partial charge is 0.423 e. The third-order valence-electron chi connectivity index (χ3n) is 4.90. The van der Waals surface area contributed by atoms with Gasteiger partial charge in [-0.2, -0.15) is 0 Å². The average Bonchev–Trinajstić information content (AvgIpc) is 2.75. The number of benzene rings is 3. The molecule has 3 heteroatoms. The first-order valence-electron chi connectivity index (χ1n) is 7.54. The maximum absolute atomic E-state index is 9.80. The van der Waals surface area contributed by atoms with E-state index in [4.69, 9.17) is 0 Å². The summed E-state index contributed by atoms with van der Waals surface area (Å²) >= 11 is 0. The van der Waals surface area contributed by atoms with E-state index in [2.05, 4.69) is 44.2 Å². The maximum atomic E-state index is 9.80. The lowest BCUT2D eigenvalue weighted by atomic mass is 9.72. The minimum absolute atomic E-state index is 0.139. The minimum Gasteiger partial charge on any atom is -0.423 e. The van der Waals surface area contributed by atoms with Gasteiger partial charge >= 0.3 is 7.12 Å². The molecule has 0 saturated heterocycles. The van der Waals surface area contributed by atoms with Crippen LogP contribution in [0, 0.1) is 0 Å². The minimum atomic E-state index is -1.46. The predicted molar refractivity (Wildman–Crippen MR) is 91.3 cm³/mol. The monoisotopic (exact) mass is 288 g/mol. The van der Waals surface area contributed by atoms with Crippen LogP contribution in [0.15, 0.2) is 54.6 Å². The zero-order chi connectivity index (χ0) is 15.5. The summed E-state index contributed by atoms with van der Waals surface area (Å²) in [7, 11) is -1.46. The molecule has 1 aliphatic carbocycles. The van der Waals surface area contributed by atoms with Crippen molar-refractivity contribution >= 4 is 23.4 Å². The Morgan fingerprint density at radius 2 is 1.45 bits per heavy atom. The van der Waals surface area contributed by atoms with Crippen LogP contribution < -0.4 is 5.46 Å². The standard InChI is InChI=1S/C19H17BO2/c1-19(2)15-10-6-5-9-14(15)18-13-8-4-3-7-12(13)17(20(21)22)11-16(18)19/h3-11,21-22H,1-2H3. The topological polar surface area (TPSA) is 40.5 Å². The SMILES string of the molecule is CC1(C)c2ccccc2-c2c1cc(B(O)O)c1ccccc21. The van der Waals surface area contributed by atoms with E-state index >= 15 is 0 Å². The lowest BCUT2D eigenvalue weighted by Gasteiger charge is -2.22. The first kappa shape index (κ1) is 13.6. The van der Waals surface area contributed by atoms with Gasteiger partial charge in [-0.3, -0.25) is 0 Å². The van der Waals surface area contributed by atoms with Gasteiger partial charge in [0.1, 0.15) is 0 Å². The summed E-state index contributed by atoms with van der Waals surface area (Å²) in [6.45, 7) is 4.39. The van der Waals surface area contributed by atoms with E-state index in [1.807, 2.05) is 24.3 Å². The molecule has 1 aliphatic rings. The average molecular weight is 288 g/mol. The molecule has 0 aromatic heterocycles. The van der Waals surface area contributed by atoms with E-state index < -0.39 is 7.12 Å². The van der Waals surface area contributed by atoms with Gasteiger partial charge in [-0.15, -0.1) is 0 Å². The van der Waals surface area contributed by atoms with E-state index in [1.165, 1.54) is 16.7 Å². The molecule has 0 fully saturated rings. The highest BCUT2D eigenvalue weighted by atomic mass is 16.4. The number of fused-ring (bicyclic) bond motifs is 5. The molecule has 0 aliphatic heterocycles. The Kier molecular flexibility index (Phi) is 2.74. The largest absolute Gasteiger partial charge is 0.489 e. The van der Waals surface area contributed by atoms with E-state index in [0.717, 1.165) is 16.3 Å². The molecular weight excluding hydrogens is 271 g/mol. The molecule has 0 unspecified atom stereocenters. The van der Waals surface area contributed by atoms with Crippen LogP contribution in [-0.2, 0) is 5.41 Å². The summed E-state index contributed by atoms with van der Waals surface area (Å²) in [6.07, 6.45) is 0. The Labute approximate surface area is 130 Å². The molecule has 0 atom stereocenters. The molecule has 0 bridgehead atoms. The van der Waals surface area contributed by atoms with Crippen LogP contribution in [-0.4, -0.2) is 17.2 Å². The van der Waals surface area contributed by atoms with Gasteiger partial charge in [0.05, 0.1) is 0 Å². The van der Waals surface area contributed by atoms with Crippen molar-refractivity contribution in [1.29, 1.82) is 0 Å². The molecule has 0 saturated carbocycles. The van der Waals surface area contributed by atoms with E-state index in [1.54, 1.807) is 0 Å². The predicted octanol–water partition coefficient (Wildman–Crippen LogP) is 2.83. The van der Waals surface area contributed by atoms with Crippen LogP contribution in [0.25, 0.3) is 21.9 Å². The van der Waals surface area contributed by atoms with Crippen molar-refractivity contribution in [2.45, 2.75) is 19.3 Å². The molecule has 0 amide bonds. The van der Waals surface area contributed by atoms with Crippen molar-refractivity contribution < 1.29 is 10.0 Å². The van der Waals surface area contributed by atoms with Gasteiger partial charge < -0.3 is 10.0 Å². The molecule has 108 valence electrons. The van der Waals surface area contributed by atoms with Crippen LogP contribution >= 0.6 is 0 Å². The second-order valence-electron chi connectivity index (χ2n) is 6.48. The fourth-order valence-electron chi connectivity index (χ4n) is 3.79. The van der Waals surface area contributed by atoms with Crippen molar-refractivity contribution in [3.63, 3.8) is 0 Å². The van der Waals surface area contributed by atoms with Crippen molar-refractivity contribution in [2.24, 2.45) is 0 Å². The maximum Gasteiger partial charge on any atom is 0.489 e. The van der Waals surface area contributed by atoms with Crippen molar-refractivity contribution in [1.82, 2.24) is 0 Å². The summed E-state index contributed by atoms with van der Waals surface area (Å²) in [5.74, 6) is 0. The molecule has 3 aromatic carbocycles. The lowest BCUT2D eigenvalue weighted by Crippen LogP contribution is -2.32. The molecule has 4 rings (SSSR count). The van der Waals surface area contributed by atoms with Crippen molar-refractivity contribution in [2.75, 3.05) is 0 Å². The van der Waals surface area contributed by atoms with E-state index in [0.29, 0.717) is 5.46 Å². The third kappa shape index (κ3) is 1.64. The first-order chi connectivity index (χ1) is 10.5. The molecule has 0 heterocycles. The molecular formula is C19H17BO2. The summed E-state index contributed by atoms with van der Waals surface area (Å²) in [5, 5.41) is 21.6. The number of hydrogen-bond acceptors (Lipinski definition) is 2. The summed E-state index contributed by atoms with van der Waals surface area (Å²) in [6, 6.07) is 18.4. The summed E-state index contributed by atoms with van der Waals surface area (Å²) in [5.41, 5.74) is 5.36. The first-order valence-corrected chi connectivity index (χ1v) is 7.54. The Hall–Kier alpha value is -2.10. The fraction of sp³-hybridized carbons (Fsp3) is 0.158. The number of rotatable bonds is 1. The summed E-state index contributed by atoms with van der Waals surface area (Å²) in [4.78, 5) is 0. The summed E-state index contributed by atoms with van der Waals surface area (Å²) < 4.78 is 0. The van der Waals surface area contributed by atoms with Gasteiger partial charge in [-0.05, 0) is 38.5 Å². The Morgan fingerprint density at radius 1 is 0.818 bits per heavy atom. The quantitative estimate of drug-likeness (QED) is 0.676. The second-order valence-corrected chi connectivity index (χ2v) is 6.48. The third-order valence-corrected chi connectivity index (χ3v) is 4.90. The van der Waals surface area contributed by atoms with Crippen LogP contribution in [0.3, 0.4) is 0 Å². The Balaban J connectivity index is 2.21. The molecule has 3 aromatic rings. The zero-order valence-electron chi connectivity index (χ0n) is 12.7. The molecule has 0 radical (unpaired) electrons. The zero-order valence-corrected chi connectivity index (χ0v) is 12.7. The van der Waals surface area contributed by atoms with Crippen molar-refractivity contribution in [3.8, 4) is 11.1 Å². The highest BCUT2D eigenvalue weighted by Crippen LogP contribution is 2.50. The normalized spacial score (nSPS) is 14.7. The van der Waals surface area contributed by atoms with Crippen LogP contribution in [0.2, 0.25) is 0 Å². The second kappa shape index (κ2) is 4.45. The van der Waals surface area contributed by atoms with E-state index in [-0.39, 0.29) is 5.41 Å². The Morgan fingerprint density at radius 3 is 2.18 bits per heavy atom. The lowest BCUT2D eigenvalue weighted by molar-refractivity contribution is 0.426. The van der Waals surface area contributed by atoms with Gasteiger partial charge in [0, 0.05) is 5.41 Å². The highest BCUT2D eigenvalue weighted by molar-refractivity contribution is 6.62. The van der Waals surface area contributed by atoms with Crippen LogP contribution in [0.4, 0.5) is 0 Å². The van der Waals surface area contributed by atoms with Gasteiger partial charge in [0.25, 0.3) is 0 Å². The molecule has 2 N–H and O–H groups in total.